The van der Waals surface area contributed by atoms with Crippen molar-refractivity contribution in [2.45, 2.75) is 44.6 Å². The van der Waals surface area contributed by atoms with E-state index in [9.17, 15) is 0 Å². The molecule has 1 fully saturated rings. The number of halogens is 1. The topological polar surface area (TPSA) is 38.0 Å². The molecular weight excluding hydrogens is 276 g/mol. The first-order valence-electron chi connectivity index (χ1n) is 6.50. The van der Waals surface area contributed by atoms with E-state index in [1.54, 1.807) is 0 Å². The summed E-state index contributed by atoms with van der Waals surface area (Å²) in [6, 6.07) is 8.98. The molecule has 1 aromatic rings. The van der Waals surface area contributed by atoms with Gasteiger partial charge in [-0.1, -0.05) is 47.3 Å². The Labute approximate surface area is 112 Å². The standard InChI is InChI=1S/C14H21BrN2/c15-13-8-6-11(7-9-13)10-14(17-16)12-4-2-1-3-5-12/h6-9,12,14,17H,1-5,10,16H2. The van der Waals surface area contributed by atoms with Gasteiger partial charge in [0.25, 0.3) is 0 Å². The molecule has 1 atom stereocenters. The minimum absolute atomic E-state index is 0.427. The third-order valence-electron chi connectivity index (χ3n) is 3.80. The normalized spacial score (nSPS) is 19.2. The van der Waals surface area contributed by atoms with Crippen LogP contribution in [0.1, 0.15) is 37.7 Å². The van der Waals surface area contributed by atoms with Gasteiger partial charge < -0.3 is 0 Å². The predicted octanol–water partition coefficient (Wildman–Crippen LogP) is 3.40. The van der Waals surface area contributed by atoms with E-state index in [0.717, 1.165) is 16.8 Å². The number of hydrogen-bond acceptors (Lipinski definition) is 2. The number of rotatable bonds is 4. The minimum atomic E-state index is 0.427. The lowest BCUT2D eigenvalue weighted by atomic mass is 9.82. The molecule has 0 radical (unpaired) electrons. The van der Waals surface area contributed by atoms with Gasteiger partial charge in [0.15, 0.2) is 0 Å². The molecule has 0 aliphatic heterocycles. The van der Waals surface area contributed by atoms with Crippen molar-refractivity contribution >= 4 is 15.9 Å². The summed E-state index contributed by atoms with van der Waals surface area (Å²) in [6.45, 7) is 0. The summed E-state index contributed by atoms with van der Waals surface area (Å²) in [5.74, 6) is 6.47. The smallest absolute Gasteiger partial charge is 0.0279 e. The molecule has 1 saturated carbocycles. The third kappa shape index (κ3) is 3.80. The number of hydrazine groups is 1. The Morgan fingerprint density at radius 3 is 2.41 bits per heavy atom. The van der Waals surface area contributed by atoms with Crippen LogP contribution in [-0.2, 0) is 6.42 Å². The molecule has 0 aromatic heterocycles. The van der Waals surface area contributed by atoms with Crippen molar-refractivity contribution in [3.8, 4) is 0 Å². The molecule has 1 unspecified atom stereocenters. The van der Waals surface area contributed by atoms with Crippen molar-refractivity contribution in [3.63, 3.8) is 0 Å². The maximum atomic E-state index is 5.72. The molecule has 0 saturated heterocycles. The fraction of sp³-hybridized carbons (Fsp3) is 0.571. The van der Waals surface area contributed by atoms with Crippen LogP contribution in [-0.4, -0.2) is 6.04 Å². The van der Waals surface area contributed by atoms with Gasteiger partial charge in [-0.3, -0.25) is 11.3 Å². The molecule has 94 valence electrons. The molecule has 3 heteroatoms. The van der Waals surface area contributed by atoms with Gasteiger partial charge in [-0.25, -0.2) is 0 Å². The Kier molecular flexibility index (Phi) is 5.01. The van der Waals surface area contributed by atoms with Crippen molar-refractivity contribution in [1.82, 2.24) is 5.43 Å². The summed E-state index contributed by atoms with van der Waals surface area (Å²) in [5.41, 5.74) is 4.39. The molecule has 1 aliphatic rings. The molecule has 0 amide bonds. The highest BCUT2D eigenvalue weighted by Gasteiger charge is 2.22. The summed E-state index contributed by atoms with van der Waals surface area (Å²) in [6.07, 6.45) is 7.81. The molecule has 0 heterocycles. The lowest BCUT2D eigenvalue weighted by molar-refractivity contribution is 0.268. The van der Waals surface area contributed by atoms with Crippen LogP contribution in [0.5, 0.6) is 0 Å². The summed E-state index contributed by atoms with van der Waals surface area (Å²) >= 11 is 3.47. The second kappa shape index (κ2) is 6.53. The van der Waals surface area contributed by atoms with E-state index >= 15 is 0 Å². The van der Waals surface area contributed by atoms with Crippen LogP contribution in [0.15, 0.2) is 28.7 Å². The second-order valence-electron chi connectivity index (χ2n) is 5.00. The van der Waals surface area contributed by atoms with Gasteiger partial charge in [0.2, 0.25) is 0 Å². The molecular formula is C14H21BrN2. The Morgan fingerprint density at radius 2 is 1.82 bits per heavy atom. The van der Waals surface area contributed by atoms with Gasteiger partial charge in [0.1, 0.15) is 0 Å². The van der Waals surface area contributed by atoms with Gasteiger partial charge in [0.05, 0.1) is 0 Å². The average Bonchev–Trinajstić information content (AvgIpc) is 2.39. The summed E-state index contributed by atoms with van der Waals surface area (Å²) < 4.78 is 1.14. The van der Waals surface area contributed by atoms with Crippen molar-refractivity contribution in [2.75, 3.05) is 0 Å². The van der Waals surface area contributed by atoms with E-state index in [2.05, 4.69) is 45.6 Å². The Hall–Kier alpha value is -0.380. The number of nitrogens with two attached hydrogens (primary N) is 1. The van der Waals surface area contributed by atoms with Gasteiger partial charge >= 0.3 is 0 Å². The van der Waals surface area contributed by atoms with Crippen LogP contribution < -0.4 is 11.3 Å². The SMILES string of the molecule is NNC(Cc1ccc(Br)cc1)C1CCCCC1. The van der Waals surface area contributed by atoms with Gasteiger partial charge in [-0.2, -0.15) is 0 Å². The average molecular weight is 297 g/mol. The van der Waals surface area contributed by atoms with Crippen molar-refractivity contribution in [1.29, 1.82) is 0 Å². The summed E-state index contributed by atoms with van der Waals surface area (Å²) in [4.78, 5) is 0. The lowest BCUT2D eigenvalue weighted by Gasteiger charge is -2.29. The molecule has 2 rings (SSSR count). The van der Waals surface area contributed by atoms with Gasteiger partial charge in [-0.15, -0.1) is 0 Å². The minimum Gasteiger partial charge on any atom is -0.271 e. The third-order valence-corrected chi connectivity index (χ3v) is 4.33. The zero-order valence-electron chi connectivity index (χ0n) is 10.2. The van der Waals surface area contributed by atoms with E-state index in [-0.39, 0.29) is 0 Å². The molecule has 1 aromatic carbocycles. The highest BCUT2D eigenvalue weighted by atomic mass is 79.9. The Morgan fingerprint density at radius 1 is 1.18 bits per heavy atom. The second-order valence-corrected chi connectivity index (χ2v) is 5.92. The highest BCUT2D eigenvalue weighted by molar-refractivity contribution is 9.10. The van der Waals surface area contributed by atoms with Crippen LogP contribution in [0.25, 0.3) is 0 Å². The van der Waals surface area contributed by atoms with E-state index < -0.39 is 0 Å². The van der Waals surface area contributed by atoms with E-state index in [0.29, 0.717) is 6.04 Å². The van der Waals surface area contributed by atoms with Crippen LogP contribution in [0.4, 0.5) is 0 Å². The van der Waals surface area contributed by atoms with Crippen molar-refractivity contribution in [2.24, 2.45) is 11.8 Å². The maximum Gasteiger partial charge on any atom is 0.0279 e. The van der Waals surface area contributed by atoms with E-state index in [4.69, 9.17) is 5.84 Å². The molecule has 2 nitrogen and oxygen atoms in total. The summed E-state index contributed by atoms with van der Waals surface area (Å²) in [5, 5.41) is 0. The van der Waals surface area contributed by atoms with Crippen molar-refractivity contribution < 1.29 is 0 Å². The Bertz CT molecular complexity index is 331. The number of benzene rings is 1. The van der Waals surface area contributed by atoms with Crippen LogP contribution >= 0.6 is 15.9 Å². The predicted molar refractivity (Wildman–Crippen MR) is 75.5 cm³/mol. The van der Waals surface area contributed by atoms with E-state index in [1.165, 1.54) is 37.7 Å². The first-order chi connectivity index (χ1) is 8.29. The number of hydrogen-bond donors (Lipinski definition) is 2. The van der Waals surface area contributed by atoms with Crippen LogP contribution in [0, 0.1) is 5.92 Å². The highest BCUT2D eigenvalue weighted by Crippen LogP contribution is 2.27. The monoisotopic (exact) mass is 296 g/mol. The van der Waals surface area contributed by atoms with Crippen molar-refractivity contribution in [3.05, 3.63) is 34.3 Å². The first kappa shape index (κ1) is 13.1. The quantitative estimate of drug-likeness (QED) is 0.660. The first-order valence-corrected chi connectivity index (χ1v) is 7.29. The largest absolute Gasteiger partial charge is 0.271 e. The van der Waals surface area contributed by atoms with Gasteiger partial charge in [-0.05, 0) is 42.9 Å². The molecule has 1 aliphatic carbocycles. The zero-order valence-corrected chi connectivity index (χ0v) is 11.7. The Balaban J connectivity index is 1.96. The van der Waals surface area contributed by atoms with Gasteiger partial charge in [0, 0.05) is 10.5 Å². The maximum absolute atomic E-state index is 5.72. The molecule has 17 heavy (non-hydrogen) atoms. The van der Waals surface area contributed by atoms with E-state index in [1.807, 2.05) is 0 Å². The molecule has 0 bridgehead atoms. The zero-order chi connectivity index (χ0) is 12.1. The molecule has 3 N–H and O–H groups in total. The van der Waals surface area contributed by atoms with Crippen LogP contribution in [0.2, 0.25) is 0 Å². The summed E-state index contributed by atoms with van der Waals surface area (Å²) in [7, 11) is 0. The number of nitrogens with one attached hydrogen (secondary N) is 1. The molecule has 0 spiro atoms. The lowest BCUT2D eigenvalue weighted by Crippen LogP contribution is -2.43. The fourth-order valence-corrected chi connectivity index (χ4v) is 3.04. The van der Waals surface area contributed by atoms with Crippen LogP contribution in [0.3, 0.4) is 0 Å². The fourth-order valence-electron chi connectivity index (χ4n) is 2.77.